The van der Waals surface area contributed by atoms with E-state index in [-0.39, 0.29) is 17.7 Å². The molecular weight excluding hydrogens is 398 g/mol. The zero-order valence-corrected chi connectivity index (χ0v) is 16.0. The highest BCUT2D eigenvalue weighted by atomic mass is 79.9. The molecule has 0 bridgehead atoms. The molecule has 2 aromatic rings. The molecule has 6 nitrogen and oxygen atoms in total. The second kappa shape index (κ2) is 7.29. The number of halogens is 1. The molecule has 4 amide bonds. The van der Waals surface area contributed by atoms with Crippen molar-refractivity contribution in [3.8, 4) is 0 Å². The van der Waals surface area contributed by atoms with Gasteiger partial charge in [-0.3, -0.25) is 14.5 Å². The summed E-state index contributed by atoms with van der Waals surface area (Å²) in [4.78, 5) is 38.3. The number of imide groups is 1. The first kappa shape index (κ1) is 18.1. The van der Waals surface area contributed by atoms with Crippen molar-refractivity contribution in [1.82, 2.24) is 4.90 Å². The highest BCUT2D eigenvalue weighted by Gasteiger charge is 2.35. The number of hydrogen-bond acceptors (Lipinski definition) is 3. The van der Waals surface area contributed by atoms with E-state index in [1.165, 1.54) is 11.0 Å². The molecule has 0 fully saturated rings. The van der Waals surface area contributed by atoms with Gasteiger partial charge in [0.05, 0.1) is 16.8 Å². The third kappa shape index (κ3) is 3.62. The van der Waals surface area contributed by atoms with Crippen molar-refractivity contribution in [3.05, 3.63) is 58.1 Å². The highest BCUT2D eigenvalue weighted by molar-refractivity contribution is 9.10. The lowest BCUT2D eigenvalue weighted by atomic mass is 10.1. The Morgan fingerprint density at radius 3 is 2.42 bits per heavy atom. The third-order valence-electron chi connectivity index (χ3n) is 3.90. The van der Waals surface area contributed by atoms with Crippen molar-refractivity contribution in [3.63, 3.8) is 0 Å². The van der Waals surface area contributed by atoms with Crippen LogP contribution in [0.4, 0.5) is 16.2 Å². The highest BCUT2D eigenvalue weighted by Crippen LogP contribution is 2.27. The summed E-state index contributed by atoms with van der Waals surface area (Å²) in [5.74, 6) is -0.429. The predicted octanol–water partition coefficient (Wildman–Crippen LogP) is 4.35. The number of benzene rings is 2. The molecule has 7 heteroatoms. The summed E-state index contributed by atoms with van der Waals surface area (Å²) in [5, 5.41) is 5.41. The van der Waals surface area contributed by atoms with E-state index >= 15 is 0 Å². The van der Waals surface area contributed by atoms with E-state index in [9.17, 15) is 14.4 Å². The summed E-state index contributed by atoms with van der Waals surface area (Å²) in [6.45, 7) is 4.27. The molecular formula is C19H18BrN3O3. The van der Waals surface area contributed by atoms with Gasteiger partial charge in [-0.05, 0) is 52.2 Å². The van der Waals surface area contributed by atoms with Gasteiger partial charge in [0.1, 0.15) is 0 Å². The van der Waals surface area contributed by atoms with E-state index in [1.807, 2.05) is 32.0 Å². The molecule has 0 saturated carbocycles. The normalized spacial score (nSPS) is 13.2. The fraction of sp³-hybridized carbons (Fsp3) is 0.211. The molecule has 0 radical (unpaired) electrons. The SMILES string of the molecule is CC(C)CN1C(=O)c2ccc(NC(=O)Nc3ccccc3Br)cc2C1=O. The molecule has 0 unspecified atom stereocenters. The van der Waals surface area contributed by atoms with Gasteiger partial charge in [0.25, 0.3) is 11.8 Å². The summed E-state index contributed by atoms with van der Waals surface area (Å²) < 4.78 is 0.759. The fourth-order valence-corrected chi connectivity index (χ4v) is 3.13. The monoisotopic (exact) mass is 415 g/mol. The standard InChI is InChI=1S/C19H18BrN3O3/c1-11(2)10-23-17(24)13-8-7-12(9-14(13)18(23)25)21-19(26)22-16-6-4-3-5-15(16)20/h3-9,11H,10H2,1-2H3,(H2,21,22,26). The van der Waals surface area contributed by atoms with E-state index in [2.05, 4.69) is 26.6 Å². The molecule has 0 atom stereocenters. The maximum atomic E-state index is 12.5. The summed E-state index contributed by atoms with van der Waals surface area (Å²) in [6, 6.07) is 11.5. The van der Waals surface area contributed by atoms with Crippen LogP contribution in [0.3, 0.4) is 0 Å². The number of urea groups is 1. The molecule has 3 rings (SSSR count). The number of fused-ring (bicyclic) bond motifs is 1. The zero-order chi connectivity index (χ0) is 18.8. The van der Waals surface area contributed by atoms with Crippen molar-refractivity contribution in [2.45, 2.75) is 13.8 Å². The minimum Gasteiger partial charge on any atom is -0.308 e. The molecule has 0 aromatic heterocycles. The lowest BCUT2D eigenvalue weighted by molar-refractivity contribution is 0.0636. The number of para-hydroxylation sites is 1. The van der Waals surface area contributed by atoms with Crippen LogP contribution in [0.25, 0.3) is 0 Å². The second-order valence-electron chi connectivity index (χ2n) is 6.43. The zero-order valence-electron chi connectivity index (χ0n) is 14.4. The maximum Gasteiger partial charge on any atom is 0.323 e. The molecule has 134 valence electrons. The van der Waals surface area contributed by atoms with Gasteiger partial charge in [-0.1, -0.05) is 26.0 Å². The number of carbonyl (C=O) groups excluding carboxylic acids is 3. The van der Waals surface area contributed by atoms with E-state index in [0.29, 0.717) is 29.0 Å². The Morgan fingerprint density at radius 1 is 1.04 bits per heavy atom. The number of nitrogens with one attached hydrogen (secondary N) is 2. The molecule has 1 aliphatic rings. The molecule has 2 N–H and O–H groups in total. The summed E-state index contributed by atoms with van der Waals surface area (Å²) >= 11 is 3.36. The second-order valence-corrected chi connectivity index (χ2v) is 7.29. The Bertz CT molecular complexity index is 895. The fourth-order valence-electron chi connectivity index (χ4n) is 2.75. The topological polar surface area (TPSA) is 78.5 Å². The number of anilines is 2. The summed E-state index contributed by atoms with van der Waals surface area (Å²) in [5.41, 5.74) is 1.75. The van der Waals surface area contributed by atoms with E-state index in [4.69, 9.17) is 0 Å². The Labute approximate surface area is 159 Å². The van der Waals surface area contributed by atoms with Crippen LogP contribution < -0.4 is 10.6 Å². The lowest BCUT2D eigenvalue weighted by Crippen LogP contribution is -2.33. The van der Waals surface area contributed by atoms with Crippen LogP contribution in [-0.2, 0) is 0 Å². The van der Waals surface area contributed by atoms with Gasteiger partial charge >= 0.3 is 6.03 Å². The molecule has 0 spiro atoms. The molecule has 1 aliphatic heterocycles. The molecule has 2 aromatic carbocycles. The number of carbonyl (C=O) groups is 3. The van der Waals surface area contributed by atoms with Gasteiger partial charge in [0.15, 0.2) is 0 Å². The maximum absolute atomic E-state index is 12.5. The molecule has 0 aliphatic carbocycles. The minimum absolute atomic E-state index is 0.185. The Balaban J connectivity index is 1.75. The van der Waals surface area contributed by atoms with E-state index in [0.717, 1.165) is 4.47 Å². The summed E-state index contributed by atoms with van der Waals surface area (Å²) in [7, 11) is 0. The van der Waals surface area contributed by atoms with Gasteiger partial charge in [0, 0.05) is 16.7 Å². The van der Waals surface area contributed by atoms with Crippen LogP contribution in [0.1, 0.15) is 34.6 Å². The number of rotatable bonds is 4. The van der Waals surface area contributed by atoms with Gasteiger partial charge < -0.3 is 10.6 Å². The van der Waals surface area contributed by atoms with Crippen molar-refractivity contribution in [2.75, 3.05) is 17.2 Å². The van der Waals surface area contributed by atoms with Crippen LogP contribution in [0.5, 0.6) is 0 Å². The van der Waals surface area contributed by atoms with Crippen molar-refractivity contribution >= 4 is 45.2 Å². The van der Waals surface area contributed by atoms with Gasteiger partial charge in [-0.2, -0.15) is 0 Å². The molecule has 26 heavy (non-hydrogen) atoms. The van der Waals surface area contributed by atoms with Crippen molar-refractivity contribution < 1.29 is 14.4 Å². The third-order valence-corrected chi connectivity index (χ3v) is 4.59. The molecule has 0 saturated heterocycles. The number of hydrogen-bond donors (Lipinski definition) is 2. The summed E-state index contributed by atoms with van der Waals surface area (Å²) in [6.07, 6.45) is 0. The van der Waals surface area contributed by atoms with Crippen LogP contribution in [-0.4, -0.2) is 29.3 Å². The first-order valence-corrected chi connectivity index (χ1v) is 8.99. The van der Waals surface area contributed by atoms with E-state index in [1.54, 1.807) is 18.2 Å². The Kier molecular flexibility index (Phi) is 5.08. The first-order chi connectivity index (χ1) is 12.4. The van der Waals surface area contributed by atoms with Crippen LogP contribution in [0.15, 0.2) is 46.9 Å². The van der Waals surface area contributed by atoms with Crippen molar-refractivity contribution in [1.29, 1.82) is 0 Å². The largest absolute Gasteiger partial charge is 0.323 e. The smallest absolute Gasteiger partial charge is 0.308 e. The predicted molar refractivity (Wildman–Crippen MR) is 103 cm³/mol. The average molecular weight is 416 g/mol. The Hall–Kier alpha value is -2.67. The Morgan fingerprint density at radius 2 is 1.73 bits per heavy atom. The minimum atomic E-state index is -0.437. The number of nitrogens with zero attached hydrogens (tertiary/aromatic N) is 1. The lowest BCUT2D eigenvalue weighted by Gasteiger charge is -2.15. The number of amides is 4. The molecule has 1 heterocycles. The van der Waals surface area contributed by atoms with Crippen molar-refractivity contribution in [2.24, 2.45) is 5.92 Å². The van der Waals surface area contributed by atoms with Gasteiger partial charge in [-0.25, -0.2) is 4.79 Å². The van der Waals surface area contributed by atoms with Crippen LogP contribution >= 0.6 is 15.9 Å². The van der Waals surface area contributed by atoms with Crippen LogP contribution in [0.2, 0.25) is 0 Å². The van der Waals surface area contributed by atoms with Gasteiger partial charge in [0.2, 0.25) is 0 Å². The van der Waals surface area contributed by atoms with E-state index < -0.39 is 6.03 Å². The quantitative estimate of drug-likeness (QED) is 0.728. The van der Waals surface area contributed by atoms with Crippen LogP contribution in [0, 0.1) is 5.92 Å². The average Bonchev–Trinajstić information content (AvgIpc) is 2.81. The van der Waals surface area contributed by atoms with Gasteiger partial charge in [-0.15, -0.1) is 0 Å². The first-order valence-electron chi connectivity index (χ1n) is 8.19.